The molecule has 1 aromatic rings. The van der Waals surface area contributed by atoms with Crippen molar-refractivity contribution in [1.82, 2.24) is 0 Å². The first kappa shape index (κ1) is 16.4. The molecule has 0 amide bonds. The Balaban J connectivity index is 2.51. The highest BCUT2D eigenvalue weighted by atomic mass is 16.5. The first-order valence-electron chi connectivity index (χ1n) is 6.62. The summed E-state index contributed by atoms with van der Waals surface area (Å²) >= 11 is 0. The molecule has 0 radical (unpaired) electrons. The van der Waals surface area contributed by atoms with E-state index < -0.39 is 0 Å². The number of hydrogen-bond acceptors (Lipinski definition) is 3. The molecule has 0 spiro atoms. The van der Waals surface area contributed by atoms with E-state index in [2.05, 4.69) is 19.7 Å². The zero-order valence-electron chi connectivity index (χ0n) is 12.2. The number of rotatable bonds is 8. The lowest BCUT2D eigenvalue weighted by atomic mass is 10.1. The summed E-state index contributed by atoms with van der Waals surface area (Å²) in [6.07, 6.45) is 5.87. The van der Waals surface area contributed by atoms with E-state index in [-0.39, 0.29) is 0 Å². The maximum absolute atomic E-state index is 5.82. The number of benzene rings is 1. The molecule has 0 aliphatic heterocycles. The predicted molar refractivity (Wildman–Crippen MR) is 88.9 cm³/mol. The van der Waals surface area contributed by atoms with Crippen LogP contribution in [-0.4, -0.2) is 0 Å². The van der Waals surface area contributed by atoms with E-state index in [1.54, 1.807) is 12.2 Å². The van der Waals surface area contributed by atoms with E-state index in [1.807, 2.05) is 36.4 Å². The Bertz CT molecular complexity index is 568. The topological polar surface area (TPSA) is 61.3 Å². The molecule has 0 atom stereocenters. The van der Waals surface area contributed by atoms with Gasteiger partial charge < -0.3 is 16.2 Å². The SMILES string of the molecule is C=C/C(=C\CC(=C)/C=C(\N)OCc1ccccc1)C(=C)N. The molecule has 0 saturated heterocycles. The molecule has 0 aliphatic rings. The van der Waals surface area contributed by atoms with Crippen molar-refractivity contribution in [3.8, 4) is 0 Å². The van der Waals surface area contributed by atoms with Crippen LogP contribution in [0.1, 0.15) is 12.0 Å². The minimum atomic E-state index is 0.337. The Labute approximate surface area is 126 Å². The van der Waals surface area contributed by atoms with E-state index in [9.17, 15) is 0 Å². The normalized spacial score (nSPS) is 11.8. The molecule has 3 heteroatoms. The van der Waals surface area contributed by atoms with Crippen LogP contribution in [0.4, 0.5) is 0 Å². The van der Waals surface area contributed by atoms with Crippen molar-refractivity contribution in [3.63, 3.8) is 0 Å². The van der Waals surface area contributed by atoms with E-state index in [4.69, 9.17) is 16.2 Å². The van der Waals surface area contributed by atoms with Gasteiger partial charge in [0.1, 0.15) is 6.61 Å². The van der Waals surface area contributed by atoms with Gasteiger partial charge in [0.25, 0.3) is 0 Å². The molecule has 0 saturated carbocycles. The van der Waals surface area contributed by atoms with Gasteiger partial charge in [-0.25, -0.2) is 0 Å². The van der Waals surface area contributed by atoms with Crippen LogP contribution in [0.3, 0.4) is 0 Å². The first-order valence-corrected chi connectivity index (χ1v) is 6.62. The zero-order valence-corrected chi connectivity index (χ0v) is 12.2. The van der Waals surface area contributed by atoms with E-state index in [0.717, 1.165) is 16.7 Å². The molecule has 0 bridgehead atoms. The standard InChI is InChI=1S/C18H22N2O/c1-4-17(15(3)19)11-10-14(2)12-18(20)21-13-16-8-6-5-7-9-16/h4-9,11-12H,1-3,10,13,19-20H2/b17-11+,18-12+. The van der Waals surface area contributed by atoms with Crippen LogP contribution < -0.4 is 11.5 Å². The lowest BCUT2D eigenvalue weighted by Gasteiger charge is -2.07. The predicted octanol–water partition coefficient (Wildman–Crippen LogP) is 3.53. The molecule has 0 unspecified atom stereocenters. The Morgan fingerprint density at radius 2 is 1.81 bits per heavy atom. The van der Waals surface area contributed by atoms with E-state index in [1.165, 1.54) is 0 Å². The van der Waals surface area contributed by atoms with E-state index in [0.29, 0.717) is 24.6 Å². The fourth-order valence-corrected chi connectivity index (χ4v) is 1.63. The fraction of sp³-hybridized carbons (Fsp3) is 0.111. The van der Waals surface area contributed by atoms with E-state index >= 15 is 0 Å². The van der Waals surface area contributed by atoms with Crippen molar-refractivity contribution in [2.24, 2.45) is 11.5 Å². The third-order valence-corrected chi connectivity index (χ3v) is 2.77. The summed E-state index contributed by atoms with van der Waals surface area (Å²) in [5.74, 6) is 0.337. The highest BCUT2D eigenvalue weighted by Crippen LogP contribution is 2.11. The van der Waals surface area contributed by atoms with Gasteiger partial charge in [-0.1, -0.05) is 62.2 Å². The van der Waals surface area contributed by atoms with Crippen LogP contribution in [0, 0.1) is 0 Å². The zero-order chi connectivity index (χ0) is 15.7. The fourth-order valence-electron chi connectivity index (χ4n) is 1.63. The van der Waals surface area contributed by atoms with Gasteiger partial charge in [-0.05, 0) is 23.1 Å². The second-order valence-corrected chi connectivity index (χ2v) is 4.57. The highest BCUT2D eigenvalue weighted by molar-refractivity contribution is 5.36. The van der Waals surface area contributed by atoms with Gasteiger partial charge in [-0.2, -0.15) is 0 Å². The Hall–Kier alpha value is -2.68. The van der Waals surface area contributed by atoms with Gasteiger partial charge in [0, 0.05) is 11.8 Å². The smallest absolute Gasteiger partial charge is 0.184 e. The molecule has 1 aromatic carbocycles. The molecule has 1 rings (SSSR count). The maximum atomic E-state index is 5.82. The molecular formula is C18H22N2O. The largest absolute Gasteiger partial charge is 0.475 e. The molecular weight excluding hydrogens is 260 g/mol. The first-order chi connectivity index (χ1) is 10.0. The van der Waals surface area contributed by atoms with Crippen molar-refractivity contribution in [1.29, 1.82) is 0 Å². The second-order valence-electron chi connectivity index (χ2n) is 4.57. The number of allylic oxidation sites excluding steroid dienone is 4. The average Bonchev–Trinajstić information content (AvgIpc) is 2.46. The quantitative estimate of drug-likeness (QED) is 0.566. The number of nitrogens with two attached hydrogens (primary N) is 2. The van der Waals surface area contributed by atoms with Gasteiger partial charge in [0.05, 0.1) is 0 Å². The van der Waals surface area contributed by atoms with Crippen LogP contribution in [0.2, 0.25) is 0 Å². The van der Waals surface area contributed by atoms with Crippen molar-refractivity contribution in [2.45, 2.75) is 13.0 Å². The summed E-state index contributed by atoms with van der Waals surface area (Å²) in [6.45, 7) is 11.7. The van der Waals surface area contributed by atoms with Crippen molar-refractivity contribution in [3.05, 3.63) is 96.6 Å². The van der Waals surface area contributed by atoms with Crippen LogP contribution >= 0.6 is 0 Å². The van der Waals surface area contributed by atoms with Crippen molar-refractivity contribution >= 4 is 0 Å². The van der Waals surface area contributed by atoms with Gasteiger partial charge >= 0.3 is 0 Å². The third kappa shape index (κ3) is 6.34. The summed E-state index contributed by atoms with van der Waals surface area (Å²) < 4.78 is 5.47. The summed E-state index contributed by atoms with van der Waals surface area (Å²) in [5, 5.41) is 0. The highest BCUT2D eigenvalue weighted by Gasteiger charge is 1.97. The number of hydrogen-bond donors (Lipinski definition) is 2. The molecule has 4 N–H and O–H groups in total. The summed E-state index contributed by atoms with van der Waals surface area (Å²) in [4.78, 5) is 0. The molecule has 21 heavy (non-hydrogen) atoms. The third-order valence-electron chi connectivity index (χ3n) is 2.77. The lowest BCUT2D eigenvalue weighted by Crippen LogP contribution is -2.03. The summed E-state index contributed by atoms with van der Waals surface area (Å²) in [7, 11) is 0. The monoisotopic (exact) mass is 282 g/mol. The van der Waals surface area contributed by atoms with Crippen molar-refractivity contribution < 1.29 is 4.74 Å². The second kappa shape index (κ2) is 8.48. The molecule has 0 fully saturated rings. The minimum Gasteiger partial charge on any atom is -0.475 e. The molecule has 0 aromatic heterocycles. The molecule has 0 aliphatic carbocycles. The summed E-state index contributed by atoms with van der Waals surface area (Å²) in [6, 6.07) is 9.83. The molecule has 110 valence electrons. The van der Waals surface area contributed by atoms with Gasteiger partial charge in [-0.3, -0.25) is 0 Å². The lowest BCUT2D eigenvalue weighted by molar-refractivity contribution is 0.196. The molecule has 0 heterocycles. The van der Waals surface area contributed by atoms with Gasteiger partial charge in [0.2, 0.25) is 0 Å². The van der Waals surface area contributed by atoms with Crippen LogP contribution in [0.5, 0.6) is 0 Å². The van der Waals surface area contributed by atoms with Crippen LogP contribution in [-0.2, 0) is 11.3 Å². The van der Waals surface area contributed by atoms with Gasteiger partial charge in [-0.15, -0.1) is 0 Å². The average molecular weight is 282 g/mol. The maximum Gasteiger partial charge on any atom is 0.184 e. The van der Waals surface area contributed by atoms with Crippen molar-refractivity contribution in [2.75, 3.05) is 0 Å². The molecule has 3 nitrogen and oxygen atoms in total. The Morgan fingerprint density at radius 1 is 1.14 bits per heavy atom. The Morgan fingerprint density at radius 3 is 2.38 bits per heavy atom. The van der Waals surface area contributed by atoms with Crippen LogP contribution in [0.25, 0.3) is 0 Å². The minimum absolute atomic E-state index is 0.337. The number of ether oxygens (including phenoxy) is 1. The Kier molecular flexibility index (Phi) is 6.61. The van der Waals surface area contributed by atoms with Crippen LogP contribution in [0.15, 0.2) is 91.0 Å². The van der Waals surface area contributed by atoms with Gasteiger partial charge in [0.15, 0.2) is 5.88 Å². The summed E-state index contributed by atoms with van der Waals surface area (Å²) in [5.41, 5.74) is 14.6.